The van der Waals surface area contributed by atoms with E-state index in [2.05, 4.69) is 10.0 Å². The number of piperidine rings is 1. The van der Waals surface area contributed by atoms with Gasteiger partial charge in [-0.15, -0.1) is 0 Å². The van der Waals surface area contributed by atoms with Crippen LogP contribution >= 0.6 is 11.6 Å². The number of ether oxygens (including phenoxy) is 3. The average molecular weight is 810 g/mol. The minimum Gasteiger partial charge on any atom is -0.490 e. The highest BCUT2D eigenvalue weighted by Gasteiger charge is 2.54. The van der Waals surface area contributed by atoms with E-state index in [1.54, 1.807) is 63.2 Å². The maximum Gasteiger partial charge on any atom is 0.407 e. The van der Waals surface area contributed by atoms with Crippen LogP contribution in [0, 0.1) is 0 Å². The van der Waals surface area contributed by atoms with Gasteiger partial charge in [-0.1, -0.05) is 23.7 Å². The number of nitrogens with one attached hydrogen (secondary N) is 2. The molecule has 3 fully saturated rings. The van der Waals surface area contributed by atoms with E-state index in [1.807, 2.05) is 6.07 Å². The zero-order chi connectivity index (χ0) is 39.8. The largest absolute Gasteiger partial charge is 0.490 e. The molecule has 0 spiro atoms. The van der Waals surface area contributed by atoms with Crippen molar-refractivity contribution in [3.63, 3.8) is 0 Å². The summed E-state index contributed by atoms with van der Waals surface area (Å²) in [6.07, 6.45) is 5.38. The van der Waals surface area contributed by atoms with Gasteiger partial charge in [-0.25, -0.2) is 13.2 Å². The molecular formula is C42H46ClF2N3O7S. The Hall–Kier alpha value is -4.46. The number of benzene rings is 4. The van der Waals surface area contributed by atoms with E-state index in [4.69, 9.17) is 25.8 Å². The topological polar surface area (TPSA) is 123 Å². The van der Waals surface area contributed by atoms with Crippen molar-refractivity contribution in [2.75, 3.05) is 0 Å². The molecule has 3 aliphatic rings. The molecule has 0 aromatic heterocycles. The van der Waals surface area contributed by atoms with Crippen LogP contribution < -0.4 is 19.5 Å². The first kappa shape index (κ1) is 39.8. The molecule has 10 nitrogen and oxygen atoms in total. The number of carbonyl (C=O) groups is 2. The number of rotatable bonds is 11. The van der Waals surface area contributed by atoms with Crippen molar-refractivity contribution in [2.45, 2.75) is 119 Å². The lowest BCUT2D eigenvalue weighted by Crippen LogP contribution is -2.61. The van der Waals surface area contributed by atoms with Gasteiger partial charge in [0.2, 0.25) is 15.9 Å². The van der Waals surface area contributed by atoms with Crippen LogP contribution in [0.1, 0.15) is 77.7 Å². The Bertz CT molecular complexity index is 2160. The van der Waals surface area contributed by atoms with Gasteiger partial charge in [-0.05, 0) is 156 Å². The molecule has 4 aromatic carbocycles. The maximum absolute atomic E-state index is 16.9. The second-order valence-electron chi connectivity index (χ2n) is 15.9. The summed E-state index contributed by atoms with van der Waals surface area (Å²) in [6.45, 7) is 5.25. The third kappa shape index (κ3) is 9.05. The summed E-state index contributed by atoms with van der Waals surface area (Å²) in [5.74, 6) is -3.69. The fraction of sp³-hybridized carbons (Fsp3) is 0.429. The van der Waals surface area contributed by atoms with Gasteiger partial charge in [0.25, 0.3) is 5.92 Å². The molecule has 1 saturated carbocycles. The molecule has 2 aliphatic heterocycles. The summed E-state index contributed by atoms with van der Waals surface area (Å²) in [5.41, 5.74) is -1.29. The first-order chi connectivity index (χ1) is 26.5. The lowest BCUT2D eigenvalue weighted by Gasteiger charge is -2.42. The van der Waals surface area contributed by atoms with Crippen LogP contribution in [-0.4, -0.2) is 61.2 Å². The zero-order valence-electron chi connectivity index (χ0n) is 31.5. The number of hydrogen-bond acceptors (Lipinski definition) is 7. The third-order valence-corrected chi connectivity index (χ3v) is 12.3. The quantitative estimate of drug-likeness (QED) is 0.155. The number of sulfonamides is 1. The Morgan fingerprint density at radius 1 is 0.804 bits per heavy atom. The van der Waals surface area contributed by atoms with E-state index in [-0.39, 0.29) is 22.8 Å². The van der Waals surface area contributed by atoms with Gasteiger partial charge in [-0.3, -0.25) is 4.79 Å². The number of carbonyl (C=O) groups excluding carboxylic acids is 2. The van der Waals surface area contributed by atoms with Gasteiger partial charge in [0.1, 0.15) is 22.8 Å². The number of hydrogen-bond donors (Lipinski definition) is 2. The van der Waals surface area contributed by atoms with Gasteiger partial charge in [0, 0.05) is 28.7 Å². The smallest absolute Gasteiger partial charge is 0.407 e. The molecule has 2 amide bonds. The van der Waals surface area contributed by atoms with Gasteiger partial charge in [0.05, 0.1) is 11.0 Å². The van der Waals surface area contributed by atoms with Crippen molar-refractivity contribution >= 4 is 44.4 Å². The molecule has 3 unspecified atom stereocenters. The van der Waals surface area contributed by atoms with Crippen molar-refractivity contribution in [3.8, 4) is 17.2 Å². The number of fused-ring (bicyclic) bond motifs is 3. The number of alkyl halides is 2. The van der Waals surface area contributed by atoms with Crippen molar-refractivity contribution in [1.82, 2.24) is 14.9 Å². The number of amides is 2. The highest BCUT2D eigenvalue weighted by molar-refractivity contribution is 7.89. The first-order valence-corrected chi connectivity index (χ1v) is 20.9. The summed E-state index contributed by atoms with van der Waals surface area (Å²) < 4.78 is 81.4. The summed E-state index contributed by atoms with van der Waals surface area (Å²) in [6, 6.07) is 17.2. The molecule has 56 heavy (non-hydrogen) atoms. The minimum absolute atomic E-state index is 0.141. The van der Waals surface area contributed by atoms with Crippen molar-refractivity contribution < 1.29 is 41.0 Å². The standard InChI is InChI=1S/C42H46ClF2N3O7S/c1-41(2,3)55-40(50)46-30-24-31-14-15-32(25-30)48(31)39(49)38(42(44,45)28-10-17-34(18-11-28)53-35-19-12-29(43)13-20-35)47-56(51,52)37-21-9-26-22-36(16-8-27(26)23-37)54-33-6-4-5-7-33/h8-13,16-23,30-33,38,47H,4-7,14-15,24-25H2,1-3H3,(H,46,50). The number of alkyl carbamates (subject to hydrolysis) is 1. The molecule has 7 rings (SSSR count). The molecule has 298 valence electrons. The predicted octanol–water partition coefficient (Wildman–Crippen LogP) is 9.09. The summed E-state index contributed by atoms with van der Waals surface area (Å²) in [5, 5.41) is 4.65. The predicted molar refractivity (Wildman–Crippen MR) is 209 cm³/mol. The normalized spacial score (nSPS) is 20.8. The molecule has 3 atom stereocenters. The molecular weight excluding hydrogens is 764 g/mol. The fourth-order valence-corrected chi connectivity index (χ4v) is 9.32. The Morgan fingerprint density at radius 3 is 2.00 bits per heavy atom. The lowest BCUT2D eigenvalue weighted by atomic mass is 9.94. The first-order valence-electron chi connectivity index (χ1n) is 19.0. The zero-order valence-corrected chi connectivity index (χ0v) is 33.0. The van der Waals surface area contributed by atoms with E-state index < -0.39 is 57.2 Å². The molecule has 1 aliphatic carbocycles. The van der Waals surface area contributed by atoms with Crippen LogP contribution in [0.25, 0.3) is 10.8 Å². The molecule has 14 heteroatoms. The van der Waals surface area contributed by atoms with Gasteiger partial charge in [-0.2, -0.15) is 13.5 Å². The van der Waals surface area contributed by atoms with Crippen LogP contribution in [0.3, 0.4) is 0 Å². The number of nitrogens with zero attached hydrogens (tertiary/aromatic N) is 1. The van der Waals surface area contributed by atoms with Crippen molar-refractivity contribution in [3.05, 3.63) is 95.5 Å². The van der Waals surface area contributed by atoms with E-state index in [9.17, 15) is 18.0 Å². The summed E-state index contributed by atoms with van der Waals surface area (Å²) >= 11 is 5.96. The molecule has 2 N–H and O–H groups in total. The average Bonchev–Trinajstić information content (AvgIpc) is 3.75. The summed E-state index contributed by atoms with van der Waals surface area (Å²) in [7, 11) is -4.68. The van der Waals surface area contributed by atoms with Crippen molar-refractivity contribution in [2.24, 2.45) is 0 Å². The Kier molecular flexibility index (Phi) is 11.2. The summed E-state index contributed by atoms with van der Waals surface area (Å²) in [4.78, 5) is 28.2. The van der Waals surface area contributed by atoms with Crippen LogP contribution in [-0.2, 0) is 25.5 Å². The molecule has 2 bridgehead atoms. The van der Waals surface area contributed by atoms with E-state index in [1.165, 1.54) is 29.2 Å². The highest BCUT2D eigenvalue weighted by atomic mass is 35.5. The van der Waals surface area contributed by atoms with Gasteiger partial charge in [0.15, 0.2) is 6.04 Å². The van der Waals surface area contributed by atoms with Crippen LogP contribution in [0.15, 0.2) is 89.8 Å². The second-order valence-corrected chi connectivity index (χ2v) is 18.0. The second kappa shape index (κ2) is 15.8. The minimum atomic E-state index is -4.68. The Morgan fingerprint density at radius 2 is 1.38 bits per heavy atom. The van der Waals surface area contributed by atoms with Gasteiger partial charge >= 0.3 is 6.09 Å². The van der Waals surface area contributed by atoms with E-state index in [0.717, 1.165) is 43.2 Å². The lowest BCUT2D eigenvalue weighted by molar-refractivity contribution is -0.149. The monoisotopic (exact) mass is 809 g/mol. The molecule has 4 aromatic rings. The third-order valence-electron chi connectivity index (χ3n) is 10.6. The number of halogens is 3. The van der Waals surface area contributed by atoms with Crippen LogP contribution in [0.5, 0.6) is 17.2 Å². The van der Waals surface area contributed by atoms with E-state index >= 15 is 8.78 Å². The SMILES string of the molecule is CC(C)(C)OC(=O)NC1CC2CCC(C1)N2C(=O)C(NS(=O)(=O)c1ccc2cc(OC3CCCC3)ccc2c1)C(F)(F)c1ccc(Oc2ccc(Cl)cc2)cc1. The van der Waals surface area contributed by atoms with Gasteiger partial charge < -0.3 is 24.4 Å². The fourth-order valence-electron chi connectivity index (χ4n) is 7.97. The Labute approximate surface area is 330 Å². The maximum atomic E-state index is 16.9. The van der Waals surface area contributed by atoms with Crippen molar-refractivity contribution in [1.29, 1.82) is 0 Å². The Balaban J connectivity index is 1.15. The molecule has 0 radical (unpaired) electrons. The van der Waals surface area contributed by atoms with Crippen LogP contribution in [0.4, 0.5) is 13.6 Å². The van der Waals surface area contributed by atoms with E-state index in [0.29, 0.717) is 47.6 Å². The van der Waals surface area contributed by atoms with Crippen LogP contribution in [0.2, 0.25) is 5.02 Å². The molecule has 2 saturated heterocycles. The highest BCUT2D eigenvalue weighted by Crippen LogP contribution is 2.41. The molecule has 2 heterocycles.